The molecule has 22 heavy (non-hydrogen) atoms. The molecule has 4 heterocycles. The summed E-state index contributed by atoms with van der Waals surface area (Å²) in [6.45, 7) is 3.15. The number of rotatable bonds is 2. The fourth-order valence-electron chi connectivity index (χ4n) is 2.54. The summed E-state index contributed by atoms with van der Waals surface area (Å²) in [7, 11) is 0. The number of pyridine rings is 1. The van der Waals surface area contributed by atoms with Crippen molar-refractivity contribution in [2.24, 2.45) is 0 Å². The third-order valence-electron chi connectivity index (χ3n) is 3.62. The van der Waals surface area contributed by atoms with Gasteiger partial charge in [0.15, 0.2) is 16.1 Å². The van der Waals surface area contributed by atoms with Crippen LogP contribution in [0.3, 0.4) is 0 Å². The third-order valence-corrected chi connectivity index (χ3v) is 4.05. The predicted octanol–water partition coefficient (Wildman–Crippen LogP) is 2.17. The Morgan fingerprint density at radius 2 is 2.00 bits per heavy atom. The minimum atomic E-state index is 0.511. The second kappa shape index (κ2) is 5.29. The molecule has 0 aliphatic carbocycles. The molecule has 1 aliphatic rings. The summed E-state index contributed by atoms with van der Waals surface area (Å²) < 4.78 is 13.1. The van der Waals surface area contributed by atoms with Gasteiger partial charge in [-0.1, -0.05) is 0 Å². The van der Waals surface area contributed by atoms with Gasteiger partial charge in [0.1, 0.15) is 5.82 Å². The first-order valence-corrected chi connectivity index (χ1v) is 7.75. The molecule has 1 fully saturated rings. The van der Waals surface area contributed by atoms with Crippen molar-refractivity contribution in [2.75, 3.05) is 36.9 Å². The van der Waals surface area contributed by atoms with Crippen LogP contribution in [0.15, 0.2) is 33.4 Å². The van der Waals surface area contributed by atoms with Crippen LogP contribution in [-0.2, 0) is 4.74 Å². The highest BCUT2D eigenvalue weighted by Gasteiger charge is 2.16. The first-order chi connectivity index (χ1) is 10.7. The molecule has 3 aromatic rings. The number of aromatic nitrogens is 3. The smallest absolute Gasteiger partial charge is 0.218 e. The van der Waals surface area contributed by atoms with E-state index in [-0.39, 0.29) is 0 Å². The van der Waals surface area contributed by atoms with Crippen molar-refractivity contribution in [1.82, 2.24) is 14.6 Å². The van der Waals surface area contributed by atoms with Gasteiger partial charge in [-0.15, -0.1) is 5.10 Å². The Morgan fingerprint density at radius 1 is 1.18 bits per heavy atom. The number of nitrogen functional groups attached to an aromatic ring is 1. The van der Waals surface area contributed by atoms with Crippen LogP contribution in [0.1, 0.15) is 0 Å². The second-order valence-electron chi connectivity index (χ2n) is 5.05. The van der Waals surface area contributed by atoms with E-state index in [9.17, 15) is 0 Å². The number of morpholine rings is 1. The fourth-order valence-corrected chi connectivity index (χ4v) is 2.84. The van der Waals surface area contributed by atoms with Gasteiger partial charge in [-0.2, -0.15) is 4.52 Å². The highest BCUT2D eigenvalue weighted by Crippen LogP contribution is 2.26. The molecule has 2 N–H and O–H groups in total. The van der Waals surface area contributed by atoms with Gasteiger partial charge in [0.25, 0.3) is 0 Å². The van der Waals surface area contributed by atoms with E-state index in [0.29, 0.717) is 27.7 Å². The van der Waals surface area contributed by atoms with E-state index < -0.39 is 0 Å². The summed E-state index contributed by atoms with van der Waals surface area (Å²) in [5.41, 5.74) is 7.86. The number of fused-ring (bicyclic) bond motifs is 1. The predicted molar refractivity (Wildman–Crippen MR) is 85.8 cm³/mol. The largest absolute Gasteiger partial charge is 0.446 e. The van der Waals surface area contributed by atoms with Crippen LogP contribution in [0, 0.1) is 0 Å². The lowest BCUT2D eigenvalue weighted by molar-refractivity contribution is 0.122. The van der Waals surface area contributed by atoms with Crippen molar-refractivity contribution in [3.63, 3.8) is 0 Å². The van der Waals surface area contributed by atoms with Crippen LogP contribution in [0.2, 0.25) is 0 Å². The van der Waals surface area contributed by atoms with Gasteiger partial charge < -0.3 is 19.8 Å². The SMILES string of the molecule is Nc1cc(N2CCOCC2)cc2nc(-c3ccc(Br)o3)nn12. The molecule has 0 spiro atoms. The number of anilines is 2. The summed E-state index contributed by atoms with van der Waals surface area (Å²) in [6, 6.07) is 7.52. The monoisotopic (exact) mass is 363 g/mol. The Kier molecular flexibility index (Phi) is 3.27. The molecule has 7 nitrogen and oxygen atoms in total. The van der Waals surface area contributed by atoms with E-state index in [2.05, 4.69) is 30.9 Å². The van der Waals surface area contributed by atoms with E-state index in [4.69, 9.17) is 14.9 Å². The van der Waals surface area contributed by atoms with Gasteiger partial charge in [-0.05, 0) is 28.1 Å². The molecule has 0 amide bonds. The van der Waals surface area contributed by atoms with Crippen molar-refractivity contribution in [1.29, 1.82) is 0 Å². The summed E-state index contributed by atoms with van der Waals surface area (Å²) in [5.74, 6) is 1.66. The summed E-state index contributed by atoms with van der Waals surface area (Å²) >= 11 is 3.28. The molecule has 114 valence electrons. The van der Waals surface area contributed by atoms with Gasteiger partial charge in [0.05, 0.1) is 13.2 Å². The van der Waals surface area contributed by atoms with Crippen LogP contribution in [0.4, 0.5) is 11.5 Å². The fraction of sp³-hybridized carbons (Fsp3) is 0.286. The normalized spacial score (nSPS) is 15.6. The molecule has 1 aliphatic heterocycles. The first kappa shape index (κ1) is 13.6. The van der Waals surface area contributed by atoms with Crippen molar-refractivity contribution in [3.05, 3.63) is 28.9 Å². The average Bonchev–Trinajstić information content (AvgIpc) is 3.14. The molecule has 0 bridgehead atoms. The van der Waals surface area contributed by atoms with E-state index in [0.717, 1.165) is 32.0 Å². The van der Waals surface area contributed by atoms with E-state index in [1.165, 1.54) is 0 Å². The molecule has 3 aromatic heterocycles. The lowest BCUT2D eigenvalue weighted by Crippen LogP contribution is -2.36. The number of nitrogens with two attached hydrogens (primary N) is 1. The van der Waals surface area contributed by atoms with Crippen molar-refractivity contribution >= 4 is 33.1 Å². The van der Waals surface area contributed by atoms with E-state index in [1.807, 2.05) is 24.3 Å². The molecule has 0 radical (unpaired) electrons. The maximum absolute atomic E-state index is 6.12. The van der Waals surface area contributed by atoms with Crippen LogP contribution in [0.25, 0.3) is 17.2 Å². The Balaban J connectivity index is 1.77. The Bertz CT molecular complexity index is 822. The molecule has 8 heteroatoms. The molecule has 4 rings (SSSR count). The number of nitrogens with zero attached hydrogens (tertiary/aromatic N) is 4. The van der Waals surface area contributed by atoms with Crippen molar-refractivity contribution in [3.8, 4) is 11.6 Å². The zero-order valence-corrected chi connectivity index (χ0v) is 13.3. The topological polar surface area (TPSA) is 81.8 Å². The van der Waals surface area contributed by atoms with Gasteiger partial charge in [0, 0.05) is 30.9 Å². The van der Waals surface area contributed by atoms with Gasteiger partial charge in [-0.25, -0.2) is 4.98 Å². The van der Waals surface area contributed by atoms with Crippen LogP contribution in [-0.4, -0.2) is 40.9 Å². The number of ether oxygens (including phenoxy) is 1. The Morgan fingerprint density at radius 3 is 2.73 bits per heavy atom. The molecule has 0 atom stereocenters. The van der Waals surface area contributed by atoms with Gasteiger partial charge in [-0.3, -0.25) is 0 Å². The minimum Gasteiger partial charge on any atom is -0.446 e. The lowest BCUT2D eigenvalue weighted by Gasteiger charge is -2.28. The van der Waals surface area contributed by atoms with Crippen molar-refractivity contribution < 1.29 is 9.15 Å². The van der Waals surface area contributed by atoms with Crippen molar-refractivity contribution in [2.45, 2.75) is 0 Å². The maximum Gasteiger partial charge on any atom is 0.218 e. The molecular formula is C14H14BrN5O2. The first-order valence-electron chi connectivity index (χ1n) is 6.95. The number of hydrogen-bond acceptors (Lipinski definition) is 6. The number of furan rings is 1. The highest BCUT2D eigenvalue weighted by atomic mass is 79.9. The van der Waals surface area contributed by atoms with Crippen LogP contribution >= 0.6 is 15.9 Å². The molecule has 0 saturated carbocycles. The molecular weight excluding hydrogens is 350 g/mol. The molecule has 0 aromatic carbocycles. The third kappa shape index (κ3) is 2.34. The summed E-state index contributed by atoms with van der Waals surface area (Å²) in [4.78, 5) is 6.75. The standard InChI is InChI=1S/C14H14BrN5O2/c15-11-2-1-10(22-11)14-17-13-8-9(7-12(16)20(13)18-14)19-3-5-21-6-4-19/h1-2,7-8H,3-6,16H2. The highest BCUT2D eigenvalue weighted by molar-refractivity contribution is 9.10. The van der Waals surface area contributed by atoms with E-state index >= 15 is 0 Å². The minimum absolute atomic E-state index is 0.511. The zero-order valence-electron chi connectivity index (χ0n) is 11.7. The Hall–Kier alpha value is -2.06. The van der Waals surface area contributed by atoms with Gasteiger partial charge in [0.2, 0.25) is 5.82 Å². The number of hydrogen-bond donors (Lipinski definition) is 1. The average molecular weight is 364 g/mol. The Labute approximate surface area is 134 Å². The van der Waals surface area contributed by atoms with E-state index in [1.54, 1.807) is 4.52 Å². The second-order valence-corrected chi connectivity index (χ2v) is 5.83. The zero-order chi connectivity index (χ0) is 15.1. The lowest BCUT2D eigenvalue weighted by atomic mass is 10.3. The van der Waals surface area contributed by atoms with Crippen LogP contribution in [0.5, 0.6) is 0 Å². The maximum atomic E-state index is 6.12. The molecule has 1 saturated heterocycles. The van der Waals surface area contributed by atoms with Crippen LogP contribution < -0.4 is 10.6 Å². The summed E-state index contributed by atoms with van der Waals surface area (Å²) in [6.07, 6.45) is 0. The molecule has 0 unspecified atom stereocenters. The quantitative estimate of drug-likeness (QED) is 0.751. The van der Waals surface area contributed by atoms with Gasteiger partial charge >= 0.3 is 0 Å². The summed E-state index contributed by atoms with van der Waals surface area (Å²) in [5, 5.41) is 4.40. The number of halogens is 1.